The number of ether oxygens (including phenoxy) is 2. The van der Waals surface area contributed by atoms with Gasteiger partial charge in [-0.1, -0.05) is 42.5 Å². The van der Waals surface area contributed by atoms with E-state index in [2.05, 4.69) is 9.97 Å². The van der Waals surface area contributed by atoms with Crippen molar-refractivity contribution in [3.8, 4) is 22.8 Å². The number of allylic oxidation sites excluding steroid dienone is 2. The molecule has 8 nitrogen and oxygen atoms in total. The van der Waals surface area contributed by atoms with Gasteiger partial charge in [0.05, 0.1) is 12.3 Å². The molecule has 0 radical (unpaired) electrons. The van der Waals surface area contributed by atoms with Crippen molar-refractivity contribution < 1.29 is 32.5 Å². The average Bonchev–Trinajstić information content (AvgIpc) is 3.79. The maximum atomic E-state index is 14.2. The fourth-order valence-corrected chi connectivity index (χ4v) is 5.02. The topological polar surface area (TPSA) is 134 Å². The standard InChI is InChI=1S/C31H33F3N4O4/c32-31(33,34)28(22-12-10-20(11-13-22)23-2-1-3-24(15-23)41-17-19-4-5-19)42-27-16-26(37-30(36)38-27)21-8-6-18(7-9-21)14-25(35)29(39)40/h1-3,8,10-13,15-16,18-19,25,28H,4-7,9,14,17,35H2,(H,39,40)(H2,36,37,38). The van der Waals surface area contributed by atoms with E-state index in [0.29, 0.717) is 43.9 Å². The van der Waals surface area contributed by atoms with Gasteiger partial charge in [-0.25, -0.2) is 4.98 Å². The molecule has 0 aliphatic heterocycles. The van der Waals surface area contributed by atoms with Gasteiger partial charge in [0.25, 0.3) is 0 Å². The van der Waals surface area contributed by atoms with Crippen LogP contribution in [0.1, 0.15) is 55.9 Å². The number of rotatable bonds is 11. The molecule has 1 fully saturated rings. The first kappa shape index (κ1) is 29.4. The molecule has 0 amide bonds. The van der Waals surface area contributed by atoms with E-state index in [1.54, 1.807) is 12.1 Å². The molecule has 1 heterocycles. The lowest BCUT2D eigenvalue weighted by Gasteiger charge is -2.24. The number of hydrogen-bond acceptors (Lipinski definition) is 7. The van der Waals surface area contributed by atoms with E-state index < -0.39 is 24.3 Å². The SMILES string of the molecule is Nc1nc(OC(c2ccc(-c3cccc(OCC4CC4)c3)cc2)C(F)(F)F)cc(C2=CCC(CC(N)C(=O)O)CC2)n1. The zero-order valence-corrected chi connectivity index (χ0v) is 22.9. The molecule has 2 aromatic carbocycles. The summed E-state index contributed by atoms with van der Waals surface area (Å²) in [6, 6.07) is 13.9. The van der Waals surface area contributed by atoms with Crippen LogP contribution >= 0.6 is 0 Å². The third kappa shape index (κ3) is 7.58. The summed E-state index contributed by atoms with van der Waals surface area (Å²) in [5.74, 6) is -0.129. The van der Waals surface area contributed by atoms with Gasteiger partial charge in [-0.2, -0.15) is 18.2 Å². The quantitative estimate of drug-likeness (QED) is 0.244. The van der Waals surface area contributed by atoms with Gasteiger partial charge in [-0.15, -0.1) is 0 Å². The number of hydrogen-bond donors (Lipinski definition) is 3. The van der Waals surface area contributed by atoms with E-state index in [0.717, 1.165) is 22.4 Å². The van der Waals surface area contributed by atoms with Gasteiger partial charge >= 0.3 is 12.1 Å². The second-order valence-corrected chi connectivity index (χ2v) is 10.9. The Morgan fingerprint density at radius 2 is 1.79 bits per heavy atom. The summed E-state index contributed by atoms with van der Waals surface area (Å²) in [4.78, 5) is 19.2. The third-order valence-electron chi connectivity index (χ3n) is 7.57. The normalized spacial score (nSPS) is 18.6. The van der Waals surface area contributed by atoms with Crippen LogP contribution in [0.25, 0.3) is 16.7 Å². The fourth-order valence-electron chi connectivity index (χ4n) is 5.02. The summed E-state index contributed by atoms with van der Waals surface area (Å²) >= 11 is 0. The summed E-state index contributed by atoms with van der Waals surface area (Å²) < 4.78 is 53.9. The first-order valence-corrected chi connectivity index (χ1v) is 13.9. The molecule has 1 aromatic heterocycles. The van der Waals surface area contributed by atoms with E-state index in [1.807, 2.05) is 30.3 Å². The molecule has 42 heavy (non-hydrogen) atoms. The highest BCUT2D eigenvalue weighted by Crippen LogP contribution is 2.39. The molecule has 3 aromatic rings. The van der Waals surface area contributed by atoms with Crippen LogP contribution in [-0.2, 0) is 4.79 Å². The Morgan fingerprint density at radius 3 is 2.43 bits per heavy atom. The lowest BCUT2D eigenvalue weighted by atomic mass is 9.84. The molecular weight excluding hydrogens is 549 g/mol. The van der Waals surface area contributed by atoms with E-state index >= 15 is 0 Å². The minimum absolute atomic E-state index is 0.0828. The number of nitrogen functional groups attached to an aromatic ring is 1. The highest BCUT2D eigenvalue weighted by Gasteiger charge is 2.43. The number of alkyl halides is 3. The van der Waals surface area contributed by atoms with Crippen molar-refractivity contribution in [2.45, 2.75) is 56.8 Å². The molecule has 3 unspecified atom stereocenters. The molecular formula is C31H33F3N4O4. The van der Waals surface area contributed by atoms with Gasteiger partial charge in [0.15, 0.2) is 0 Å². The maximum absolute atomic E-state index is 14.2. The predicted molar refractivity (Wildman–Crippen MR) is 152 cm³/mol. The number of benzene rings is 2. The van der Waals surface area contributed by atoms with Crippen LogP contribution < -0.4 is 20.9 Å². The summed E-state index contributed by atoms with van der Waals surface area (Å²) in [6.45, 7) is 0.668. The zero-order valence-electron chi connectivity index (χ0n) is 22.9. The van der Waals surface area contributed by atoms with Gasteiger partial charge < -0.3 is 26.0 Å². The monoisotopic (exact) mass is 582 g/mol. The number of halogens is 3. The first-order valence-electron chi connectivity index (χ1n) is 13.9. The van der Waals surface area contributed by atoms with Crippen molar-refractivity contribution in [3.63, 3.8) is 0 Å². The molecule has 1 saturated carbocycles. The maximum Gasteiger partial charge on any atom is 0.429 e. The average molecular weight is 583 g/mol. The number of nitrogens with zero attached hydrogens (tertiary/aromatic N) is 2. The van der Waals surface area contributed by atoms with Crippen LogP contribution in [0, 0.1) is 11.8 Å². The number of aromatic nitrogens is 2. The molecule has 0 spiro atoms. The van der Waals surface area contributed by atoms with Gasteiger partial charge in [-0.05, 0) is 79.2 Å². The Labute approximate surface area is 241 Å². The Bertz CT molecular complexity index is 1440. The molecule has 3 atom stereocenters. The molecule has 2 aliphatic carbocycles. The van der Waals surface area contributed by atoms with E-state index in [-0.39, 0.29) is 23.3 Å². The predicted octanol–water partition coefficient (Wildman–Crippen LogP) is 6.18. The second-order valence-electron chi connectivity index (χ2n) is 10.9. The lowest BCUT2D eigenvalue weighted by Crippen LogP contribution is -2.32. The number of aliphatic carboxylic acids is 1. The minimum Gasteiger partial charge on any atom is -0.493 e. The summed E-state index contributed by atoms with van der Waals surface area (Å²) in [6.07, 6.45) is -0.631. The largest absolute Gasteiger partial charge is 0.493 e. The molecule has 0 bridgehead atoms. The summed E-state index contributed by atoms with van der Waals surface area (Å²) in [5, 5.41) is 9.06. The molecule has 5 N–H and O–H groups in total. The van der Waals surface area contributed by atoms with Gasteiger partial charge in [-0.3, -0.25) is 4.79 Å². The Balaban J connectivity index is 1.31. The van der Waals surface area contributed by atoms with Crippen LogP contribution in [-0.4, -0.2) is 39.9 Å². The second kappa shape index (κ2) is 12.4. The number of nitrogens with two attached hydrogens (primary N) is 2. The van der Waals surface area contributed by atoms with Crippen LogP contribution in [0.4, 0.5) is 19.1 Å². The van der Waals surface area contributed by atoms with E-state index in [9.17, 15) is 18.0 Å². The van der Waals surface area contributed by atoms with Gasteiger partial charge in [0.2, 0.25) is 17.9 Å². The Kier molecular flexibility index (Phi) is 8.67. The first-order chi connectivity index (χ1) is 20.0. The van der Waals surface area contributed by atoms with Crippen LogP contribution in [0.15, 0.2) is 60.7 Å². The van der Waals surface area contributed by atoms with Crippen molar-refractivity contribution in [2.24, 2.45) is 17.6 Å². The van der Waals surface area contributed by atoms with Crippen molar-refractivity contribution in [1.29, 1.82) is 0 Å². The molecule has 11 heteroatoms. The number of anilines is 1. The lowest BCUT2D eigenvalue weighted by molar-refractivity contribution is -0.198. The molecule has 222 valence electrons. The number of carboxylic acid groups (broad SMARTS) is 1. The highest BCUT2D eigenvalue weighted by atomic mass is 19.4. The van der Waals surface area contributed by atoms with Crippen LogP contribution in [0.2, 0.25) is 0 Å². The van der Waals surface area contributed by atoms with Crippen molar-refractivity contribution in [3.05, 3.63) is 71.9 Å². The number of carbonyl (C=O) groups is 1. The highest BCUT2D eigenvalue weighted by molar-refractivity contribution is 5.73. The fraction of sp³-hybridized carbons (Fsp3) is 0.387. The van der Waals surface area contributed by atoms with Gasteiger partial charge in [0, 0.05) is 11.6 Å². The van der Waals surface area contributed by atoms with Crippen molar-refractivity contribution in [2.75, 3.05) is 12.3 Å². The minimum atomic E-state index is -4.72. The number of carboxylic acids is 1. The van der Waals surface area contributed by atoms with E-state index in [4.69, 9.17) is 26.0 Å². The smallest absolute Gasteiger partial charge is 0.429 e. The van der Waals surface area contributed by atoms with Crippen molar-refractivity contribution in [1.82, 2.24) is 9.97 Å². The van der Waals surface area contributed by atoms with Crippen LogP contribution in [0.3, 0.4) is 0 Å². The third-order valence-corrected chi connectivity index (χ3v) is 7.57. The summed E-state index contributed by atoms with van der Waals surface area (Å²) in [7, 11) is 0. The Morgan fingerprint density at radius 1 is 1.02 bits per heavy atom. The Hall–Kier alpha value is -4.12. The molecule has 5 rings (SSSR count). The van der Waals surface area contributed by atoms with Gasteiger partial charge in [0.1, 0.15) is 11.8 Å². The molecule has 0 saturated heterocycles. The van der Waals surface area contributed by atoms with Crippen LogP contribution in [0.5, 0.6) is 11.6 Å². The van der Waals surface area contributed by atoms with E-state index in [1.165, 1.54) is 31.0 Å². The summed E-state index contributed by atoms with van der Waals surface area (Å²) in [5.41, 5.74) is 14.2. The zero-order chi connectivity index (χ0) is 29.9. The molecule has 2 aliphatic rings. The van der Waals surface area contributed by atoms with Crippen molar-refractivity contribution >= 4 is 17.5 Å².